The van der Waals surface area contributed by atoms with Crippen LogP contribution in [0.15, 0.2) is 328 Å². The number of hydrogen-bond acceptors (Lipinski definition) is 2. The molecule has 3 nitrogen and oxygen atoms in total. The van der Waals surface area contributed by atoms with Gasteiger partial charge in [0.05, 0.1) is 16.7 Å². The highest BCUT2D eigenvalue weighted by Gasteiger charge is 2.50. The van der Waals surface area contributed by atoms with Crippen molar-refractivity contribution in [2.75, 3.05) is 9.80 Å². The van der Waals surface area contributed by atoms with Gasteiger partial charge in [0.2, 0.25) is 0 Å². The predicted molar refractivity (Wildman–Crippen MR) is 381 cm³/mol. The summed E-state index contributed by atoms with van der Waals surface area (Å²) in [5, 5.41) is 13.2. The number of benzene rings is 13. The van der Waals surface area contributed by atoms with Crippen LogP contribution in [-0.4, -0.2) is 27.4 Å². The molecule has 16 rings (SSSR count). The zero-order valence-electron chi connectivity index (χ0n) is 49.5. The summed E-state index contributed by atoms with van der Waals surface area (Å²) >= 11 is 0. The molecule has 3 heterocycles. The third-order valence-corrected chi connectivity index (χ3v) is 28.8. The van der Waals surface area contributed by atoms with Crippen molar-refractivity contribution in [2.24, 2.45) is 0 Å². The summed E-state index contributed by atoms with van der Waals surface area (Å²) < 4.78 is 2.53. The second kappa shape index (κ2) is 21.9. The van der Waals surface area contributed by atoms with Gasteiger partial charge in [0, 0.05) is 44.9 Å². The molecule has 0 saturated carbocycles. The van der Waals surface area contributed by atoms with Crippen LogP contribution < -0.4 is 67.7 Å². The van der Waals surface area contributed by atoms with E-state index in [2.05, 4.69) is 356 Å². The fourth-order valence-corrected chi connectivity index (χ4v) is 25.0. The summed E-state index contributed by atoms with van der Waals surface area (Å²) in [4.78, 5) is 5.31. The monoisotopic (exact) mass is 1160 g/mol. The highest BCUT2D eigenvalue weighted by Crippen LogP contribution is 2.46. The zero-order chi connectivity index (χ0) is 58.8. The lowest BCUT2D eigenvalue weighted by Crippen LogP contribution is -2.76. The third-order valence-electron chi connectivity index (χ3n) is 19.2. The minimum absolute atomic E-state index is 0.126. The molecule has 0 radical (unpaired) electrons. The van der Waals surface area contributed by atoms with Crippen LogP contribution >= 0.6 is 0 Å². The number of aryl methyl sites for hydroxylation is 2. The SMILES string of the molecule is CCc1ccc(N2c3ccc(CC)cc3B3c4cccc([Si](c5ccccc5)(c5ccccc5)c5ccccc5)c4N(c4ccc([Si](c5ccccc5)(c5ccccc5)c5ccccc5)cc4)c4cc(-n5c6ccccc6c6ccccc65)cc2c43)cc1. The largest absolute Gasteiger partial charge is 0.311 e. The first-order valence-corrected chi connectivity index (χ1v) is 35.1. The molecule has 0 saturated heterocycles. The van der Waals surface area contributed by atoms with Crippen molar-refractivity contribution in [2.45, 2.75) is 26.7 Å². The van der Waals surface area contributed by atoms with Crippen molar-refractivity contribution in [1.82, 2.24) is 4.57 Å². The van der Waals surface area contributed by atoms with Crippen LogP contribution in [0.3, 0.4) is 0 Å². The summed E-state index contributed by atoms with van der Waals surface area (Å²) in [5.41, 5.74) is 17.1. The average molecular weight is 1160 g/mol. The van der Waals surface area contributed by atoms with E-state index in [1.165, 1.54) is 114 Å². The van der Waals surface area contributed by atoms with Gasteiger partial charge in [-0.1, -0.05) is 287 Å². The Balaban J connectivity index is 1.07. The quantitative estimate of drug-likeness (QED) is 0.0842. The molecule has 0 amide bonds. The molecule has 14 aromatic rings. The normalized spacial score (nSPS) is 12.7. The van der Waals surface area contributed by atoms with Crippen LogP contribution in [0, 0.1) is 0 Å². The van der Waals surface area contributed by atoms with E-state index in [-0.39, 0.29) is 6.71 Å². The molecule has 2 aliphatic heterocycles. The number of para-hydroxylation sites is 3. The molecule has 88 heavy (non-hydrogen) atoms. The first kappa shape index (κ1) is 53.2. The Morgan fingerprint density at radius 1 is 0.295 bits per heavy atom. The Hall–Kier alpha value is -10.2. The Morgan fingerprint density at radius 2 is 0.693 bits per heavy atom. The summed E-state index contributed by atoms with van der Waals surface area (Å²) in [6.45, 7) is 4.42. The Bertz CT molecular complexity index is 4620. The molecule has 6 heteroatoms. The molecule has 0 fully saturated rings. The summed E-state index contributed by atoms with van der Waals surface area (Å²) in [6.07, 6.45) is 1.89. The highest BCUT2D eigenvalue weighted by atomic mass is 28.3. The maximum atomic E-state index is 2.72. The van der Waals surface area contributed by atoms with E-state index in [9.17, 15) is 0 Å². The number of fused-ring (bicyclic) bond motifs is 7. The van der Waals surface area contributed by atoms with Gasteiger partial charge in [-0.2, -0.15) is 0 Å². The Labute approximate surface area is 518 Å². The van der Waals surface area contributed by atoms with Gasteiger partial charge in [0.15, 0.2) is 16.1 Å². The number of anilines is 6. The number of hydrogen-bond donors (Lipinski definition) is 0. The molecule has 0 unspecified atom stereocenters. The van der Waals surface area contributed by atoms with Crippen molar-refractivity contribution in [3.8, 4) is 5.69 Å². The second-order valence-electron chi connectivity index (χ2n) is 23.6. The van der Waals surface area contributed by atoms with Crippen molar-refractivity contribution < 1.29 is 0 Å². The van der Waals surface area contributed by atoms with Crippen molar-refractivity contribution in [3.05, 3.63) is 339 Å². The fraction of sp³-hybridized carbons (Fsp3) is 0.0488. The van der Waals surface area contributed by atoms with E-state index in [0.29, 0.717) is 0 Å². The van der Waals surface area contributed by atoms with Gasteiger partial charge in [-0.25, -0.2) is 0 Å². The highest BCUT2D eigenvalue weighted by molar-refractivity contribution is 7.21. The van der Waals surface area contributed by atoms with Gasteiger partial charge in [0.25, 0.3) is 6.71 Å². The minimum atomic E-state index is -3.26. The van der Waals surface area contributed by atoms with Crippen molar-refractivity contribution in [3.63, 3.8) is 0 Å². The van der Waals surface area contributed by atoms with Crippen molar-refractivity contribution >= 4 is 137 Å². The van der Waals surface area contributed by atoms with Crippen LogP contribution in [0.4, 0.5) is 34.1 Å². The van der Waals surface area contributed by atoms with Crippen LogP contribution in [0.1, 0.15) is 25.0 Å². The van der Waals surface area contributed by atoms with Crippen molar-refractivity contribution in [1.29, 1.82) is 0 Å². The van der Waals surface area contributed by atoms with E-state index < -0.39 is 16.1 Å². The number of aromatic nitrogens is 1. The van der Waals surface area contributed by atoms with Gasteiger partial charge in [-0.3, -0.25) is 0 Å². The van der Waals surface area contributed by atoms with Gasteiger partial charge >= 0.3 is 0 Å². The molecule has 1 aromatic heterocycles. The van der Waals surface area contributed by atoms with E-state index >= 15 is 0 Å². The molecular formula is C82H64BN3Si2. The van der Waals surface area contributed by atoms with Gasteiger partial charge < -0.3 is 14.4 Å². The molecular weight excluding hydrogens is 1090 g/mol. The Kier molecular flexibility index (Phi) is 13.3. The smallest absolute Gasteiger partial charge is 0.252 e. The van der Waals surface area contributed by atoms with Gasteiger partial charge in [-0.15, -0.1) is 0 Å². The second-order valence-corrected chi connectivity index (χ2v) is 31.2. The molecule has 13 aromatic carbocycles. The maximum Gasteiger partial charge on any atom is 0.252 e. The lowest BCUT2D eigenvalue weighted by molar-refractivity contribution is 1.13. The molecule has 418 valence electrons. The van der Waals surface area contributed by atoms with E-state index in [1.807, 2.05) is 0 Å². The molecule has 0 bridgehead atoms. The van der Waals surface area contributed by atoms with Crippen LogP contribution in [-0.2, 0) is 12.8 Å². The lowest BCUT2D eigenvalue weighted by atomic mass is 9.33. The van der Waals surface area contributed by atoms with Crippen LogP contribution in [0.2, 0.25) is 0 Å². The molecule has 0 spiro atoms. The Morgan fingerprint density at radius 3 is 1.17 bits per heavy atom. The van der Waals surface area contributed by atoms with Gasteiger partial charge in [0.1, 0.15) is 0 Å². The average Bonchev–Trinajstić information content (AvgIpc) is 1.01. The van der Waals surface area contributed by atoms with Crippen LogP contribution in [0.25, 0.3) is 27.5 Å². The summed E-state index contributed by atoms with van der Waals surface area (Å²) in [6, 6.07) is 125. The number of nitrogens with zero attached hydrogens (tertiary/aromatic N) is 3. The standard InChI is InChI=1S/C82H64BN3Si2/c1-3-59-46-49-61(50-47-59)84-77-55-48-60(4-2)56-74(77)83-73-42-27-45-80(88(67-34-17-8-18-35-67,68-36-19-9-20-37-68)69-38-21-10-22-39-69)82(73)86(79-58-63(57-78(84)81(79)83)85-75-43-25-23-40-71(75)72-41-24-26-44-76(72)85)62-51-53-70(54-52-62)87(64-28-11-5-12-29-64,65-30-13-6-14-31-65)66-32-15-7-16-33-66/h5-58H,3-4H2,1-2H3. The lowest BCUT2D eigenvalue weighted by Gasteiger charge is -2.47. The zero-order valence-corrected chi connectivity index (χ0v) is 51.5. The summed E-state index contributed by atoms with van der Waals surface area (Å²) in [7, 11) is -6.19. The molecule has 0 atom stereocenters. The number of rotatable bonds is 13. The minimum Gasteiger partial charge on any atom is -0.311 e. The van der Waals surface area contributed by atoms with Crippen LogP contribution in [0.5, 0.6) is 0 Å². The molecule has 0 N–H and O–H groups in total. The fourth-order valence-electron chi connectivity index (χ4n) is 15.3. The molecule has 2 aliphatic rings. The van der Waals surface area contributed by atoms with E-state index in [0.717, 1.165) is 29.9 Å². The summed E-state index contributed by atoms with van der Waals surface area (Å²) in [5.74, 6) is 0. The first-order valence-electron chi connectivity index (χ1n) is 31.1. The third kappa shape index (κ3) is 8.23. The van der Waals surface area contributed by atoms with Gasteiger partial charge in [-0.05, 0) is 136 Å². The predicted octanol–water partition coefficient (Wildman–Crippen LogP) is 12.7. The maximum absolute atomic E-state index is 3.26. The molecule has 0 aliphatic carbocycles. The first-order chi connectivity index (χ1) is 43.6. The topological polar surface area (TPSA) is 11.4 Å². The van der Waals surface area contributed by atoms with E-state index in [4.69, 9.17) is 0 Å². The van der Waals surface area contributed by atoms with E-state index in [1.54, 1.807) is 0 Å².